The SMILES string of the molecule is CC1(C)NN=C(C(=O)C(F)(F)CCCCCCOc2ccccc2)O1. The summed E-state index contributed by atoms with van der Waals surface area (Å²) in [6.07, 6.45) is 1.91. The van der Waals surface area contributed by atoms with Gasteiger partial charge in [-0.05, 0) is 38.8 Å². The lowest BCUT2D eigenvalue weighted by Crippen LogP contribution is -2.38. The second kappa shape index (κ2) is 8.27. The van der Waals surface area contributed by atoms with E-state index in [0.29, 0.717) is 13.0 Å². The minimum atomic E-state index is -3.46. The number of ketones is 1. The van der Waals surface area contributed by atoms with Gasteiger partial charge in [-0.1, -0.05) is 31.0 Å². The van der Waals surface area contributed by atoms with Gasteiger partial charge in [-0.3, -0.25) is 10.2 Å². The Kier molecular flexibility index (Phi) is 6.33. The van der Waals surface area contributed by atoms with Crippen LogP contribution in [0.25, 0.3) is 0 Å². The van der Waals surface area contributed by atoms with Gasteiger partial charge in [0.15, 0.2) is 5.72 Å². The molecular formula is C18H24F2N2O3. The molecule has 0 fully saturated rings. The molecular weight excluding hydrogens is 330 g/mol. The first-order valence-corrected chi connectivity index (χ1v) is 8.44. The number of unbranched alkanes of at least 4 members (excludes halogenated alkanes) is 3. The number of carbonyl (C=O) groups excluding carboxylic acids is 1. The van der Waals surface area contributed by atoms with E-state index in [0.717, 1.165) is 18.6 Å². The number of nitrogens with zero attached hydrogens (tertiary/aromatic N) is 1. The summed E-state index contributed by atoms with van der Waals surface area (Å²) in [7, 11) is 0. The molecule has 1 aromatic carbocycles. The predicted molar refractivity (Wildman–Crippen MR) is 90.7 cm³/mol. The second-order valence-electron chi connectivity index (χ2n) is 6.50. The number of para-hydroxylation sites is 1. The van der Waals surface area contributed by atoms with Crippen molar-refractivity contribution in [2.75, 3.05) is 6.61 Å². The fourth-order valence-corrected chi connectivity index (χ4v) is 2.35. The summed E-state index contributed by atoms with van der Waals surface area (Å²) in [6, 6.07) is 9.44. The molecule has 7 heteroatoms. The van der Waals surface area contributed by atoms with Crippen molar-refractivity contribution in [3.05, 3.63) is 30.3 Å². The van der Waals surface area contributed by atoms with Crippen LogP contribution >= 0.6 is 0 Å². The van der Waals surface area contributed by atoms with Crippen molar-refractivity contribution in [2.45, 2.75) is 57.6 Å². The van der Waals surface area contributed by atoms with Gasteiger partial charge in [-0.25, -0.2) is 0 Å². The molecule has 25 heavy (non-hydrogen) atoms. The Hall–Kier alpha value is -2.18. The van der Waals surface area contributed by atoms with Crippen LogP contribution in [-0.4, -0.2) is 29.9 Å². The summed E-state index contributed by atoms with van der Waals surface area (Å²) in [5.41, 5.74) is 1.57. The molecule has 0 saturated carbocycles. The van der Waals surface area contributed by atoms with E-state index in [-0.39, 0.29) is 6.42 Å². The Morgan fingerprint density at radius 2 is 1.88 bits per heavy atom. The molecule has 0 bridgehead atoms. The zero-order chi connectivity index (χ0) is 18.3. The third kappa shape index (κ3) is 5.99. The number of hydrogen-bond acceptors (Lipinski definition) is 5. The molecule has 1 aliphatic rings. The van der Waals surface area contributed by atoms with Crippen molar-refractivity contribution in [1.82, 2.24) is 5.43 Å². The molecule has 138 valence electrons. The van der Waals surface area contributed by atoms with E-state index >= 15 is 0 Å². The molecule has 1 aromatic rings. The van der Waals surface area contributed by atoms with E-state index < -0.39 is 29.7 Å². The van der Waals surface area contributed by atoms with Gasteiger partial charge in [0.2, 0.25) is 0 Å². The first-order chi connectivity index (χ1) is 11.8. The predicted octanol–water partition coefficient (Wildman–Crippen LogP) is 3.89. The Bertz CT molecular complexity index is 604. The zero-order valence-electron chi connectivity index (χ0n) is 14.6. The van der Waals surface area contributed by atoms with Crippen LogP contribution in [0.1, 0.15) is 46.0 Å². The standard InChI is InChI=1S/C18H24F2N2O3/c1-17(2)22-21-16(25-17)15(23)18(19,20)12-8-3-4-9-13-24-14-10-6-5-7-11-14/h5-7,10-11,22H,3-4,8-9,12-13H2,1-2H3. The molecule has 0 aliphatic carbocycles. The van der Waals surface area contributed by atoms with E-state index in [1.54, 1.807) is 13.8 Å². The van der Waals surface area contributed by atoms with E-state index in [4.69, 9.17) is 9.47 Å². The van der Waals surface area contributed by atoms with Crippen molar-refractivity contribution < 1.29 is 23.0 Å². The second-order valence-corrected chi connectivity index (χ2v) is 6.50. The van der Waals surface area contributed by atoms with Crippen LogP contribution in [0.5, 0.6) is 5.75 Å². The summed E-state index contributed by atoms with van der Waals surface area (Å²) >= 11 is 0. The molecule has 1 N–H and O–H groups in total. The Labute approximate surface area is 146 Å². The van der Waals surface area contributed by atoms with Crippen LogP contribution in [0.4, 0.5) is 8.78 Å². The highest BCUT2D eigenvalue weighted by molar-refractivity contribution is 6.39. The summed E-state index contributed by atoms with van der Waals surface area (Å²) in [5, 5.41) is 3.55. The van der Waals surface area contributed by atoms with Crippen LogP contribution in [0, 0.1) is 0 Å². The van der Waals surface area contributed by atoms with Crippen LogP contribution in [0.2, 0.25) is 0 Å². The number of alkyl halides is 2. The molecule has 0 aromatic heterocycles. The molecule has 2 rings (SSSR count). The maximum atomic E-state index is 14.0. The highest BCUT2D eigenvalue weighted by atomic mass is 19.3. The Morgan fingerprint density at radius 3 is 2.52 bits per heavy atom. The molecule has 1 aliphatic heterocycles. The minimum absolute atomic E-state index is 0.258. The van der Waals surface area contributed by atoms with Gasteiger partial charge in [-0.15, -0.1) is 5.10 Å². The van der Waals surface area contributed by atoms with Crippen molar-refractivity contribution in [3.8, 4) is 5.75 Å². The monoisotopic (exact) mass is 354 g/mol. The normalized spacial score (nSPS) is 15.9. The van der Waals surface area contributed by atoms with Crippen LogP contribution < -0.4 is 10.2 Å². The molecule has 5 nitrogen and oxygen atoms in total. The number of rotatable bonds is 10. The first-order valence-electron chi connectivity index (χ1n) is 8.44. The molecule has 0 spiro atoms. The highest BCUT2D eigenvalue weighted by Gasteiger charge is 2.45. The largest absolute Gasteiger partial charge is 0.494 e. The van der Waals surface area contributed by atoms with Gasteiger partial charge in [-0.2, -0.15) is 8.78 Å². The van der Waals surface area contributed by atoms with Gasteiger partial charge in [0.1, 0.15) is 5.75 Å². The number of nitrogens with one attached hydrogen (secondary N) is 1. The average Bonchev–Trinajstić information content (AvgIpc) is 2.94. The van der Waals surface area contributed by atoms with Crippen molar-refractivity contribution in [1.29, 1.82) is 0 Å². The van der Waals surface area contributed by atoms with Crippen LogP contribution in [0.3, 0.4) is 0 Å². The highest BCUT2D eigenvalue weighted by Crippen LogP contribution is 2.26. The van der Waals surface area contributed by atoms with Gasteiger partial charge in [0.25, 0.3) is 11.7 Å². The number of Topliss-reactive ketones (excluding diaryl/α,β-unsaturated/α-hetero) is 1. The number of hydrogen-bond donors (Lipinski definition) is 1. The maximum absolute atomic E-state index is 14.0. The summed E-state index contributed by atoms with van der Waals surface area (Å²) < 4.78 is 38.5. The van der Waals surface area contributed by atoms with E-state index in [9.17, 15) is 13.6 Å². The fourth-order valence-electron chi connectivity index (χ4n) is 2.35. The number of halogens is 2. The van der Waals surface area contributed by atoms with Crippen LogP contribution in [0.15, 0.2) is 35.4 Å². The first kappa shape index (κ1) is 19.1. The average molecular weight is 354 g/mol. The maximum Gasteiger partial charge on any atom is 0.314 e. The van der Waals surface area contributed by atoms with Gasteiger partial charge in [0, 0.05) is 6.42 Å². The molecule has 0 atom stereocenters. The number of benzene rings is 1. The number of ether oxygens (including phenoxy) is 2. The lowest BCUT2D eigenvalue weighted by atomic mass is 10.0. The molecule has 0 radical (unpaired) electrons. The van der Waals surface area contributed by atoms with Crippen LogP contribution in [-0.2, 0) is 9.53 Å². The van der Waals surface area contributed by atoms with Gasteiger partial charge >= 0.3 is 5.92 Å². The lowest BCUT2D eigenvalue weighted by molar-refractivity contribution is -0.138. The molecule has 0 amide bonds. The molecule has 0 unspecified atom stereocenters. The summed E-state index contributed by atoms with van der Waals surface area (Å²) in [5.74, 6) is -4.57. The van der Waals surface area contributed by atoms with Crippen molar-refractivity contribution in [2.24, 2.45) is 5.10 Å². The van der Waals surface area contributed by atoms with Crippen molar-refractivity contribution in [3.63, 3.8) is 0 Å². The van der Waals surface area contributed by atoms with Gasteiger partial charge < -0.3 is 9.47 Å². The van der Waals surface area contributed by atoms with Gasteiger partial charge in [0.05, 0.1) is 6.61 Å². The smallest absolute Gasteiger partial charge is 0.314 e. The fraction of sp³-hybridized carbons (Fsp3) is 0.556. The summed E-state index contributed by atoms with van der Waals surface area (Å²) in [4.78, 5) is 11.8. The van der Waals surface area contributed by atoms with E-state index in [1.165, 1.54) is 0 Å². The van der Waals surface area contributed by atoms with E-state index in [1.807, 2.05) is 30.3 Å². The molecule has 0 saturated heterocycles. The Morgan fingerprint density at radius 1 is 1.20 bits per heavy atom. The third-order valence-corrected chi connectivity index (χ3v) is 3.70. The number of hydrazone groups is 1. The minimum Gasteiger partial charge on any atom is -0.494 e. The number of carbonyl (C=O) groups is 1. The topological polar surface area (TPSA) is 59.9 Å². The molecule has 1 heterocycles. The quantitative estimate of drug-likeness (QED) is 0.648. The van der Waals surface area contributed by atoms with Crippen molar-refractivity contribution >= 4 is 11.7 Å². The van der Waals surface area contributed by atoms with E-state index in [2.05, 4.69) is 10.5 Å². The lowest BCUT2D eigenvalue weighted by Gasteiger charge is -2.19. The Balaban J connectivity index is 1.61. The summed E-state index contributed by atoms with van der Waals surface area (Å²) in [6.45, 7) is 3.75. The zero-order valence-corrected chi connectivity index (χ0v) is 14.6. The third-order valence-electron chi connectivity index (χ3n) is 3.70.